The summed E-state index contributed by atoms with van der Waals surface area (Å²) in [6.45, 7) is 2.03. The molecule has 0 N–H and O–H groups in total. The highest BCUT2D eigenvalue weighted by Gasteiger charge is 2.53. The molecular formula is C24H25ClN2O2. The number of hydrogen-bond donors (Lipinski definition) is 0. The second-order valence-corrected chi connectivity index (χ2v) is 8.90. The van der Waals surface area contributed by atoms with Crippen LogP contribution in [0.2, 0.25) is 5.02 Å². The molecule has 3 aliphatic rings. The number of benzene rings is 2. The lowest BCUT2D eigenvalue weighted by Gasteiger charge is -2.56. The van der Waals surface area contributed by atoms with Gasteiger partial charge in [0.1, 0.15) is 17.4 Å². The first kappa shape index (κ1) is 19.8. The molecule has 0 heterocycles. The number of hydrogen-bond acceptors (Lipinski definition) is 3. The molecule has 2 aromatic carbocycles. The summed E-state index contributed by atoms with van der Waals surface area (Å²) in [6, 6.07) is 15.1. The normalized spacial score (nSPS) is 25.3. The molecule has 5 rings (SSSR count). The van der Waals surface area contributed by atoms with Crippen LogP contribution in [-0.2, 0) is 0 Å². The first-order valence-electron chi connectivity index (χ1n) is 10.1. The maximum absolute atomic E-state index is 13.1. The van der Waals surface area contributed by atoms with E-state index in [9.17, 15) is 4.79 Å². The van der Waals surface area contributed by atoms with Gasteiger partial charge in [-0.05, 0) is 69.7 Å². The first-order chi connectivity index (χ1) is 13.9. The van der Waals surface area contributed by atoms with E-state index in [4.69, 9.17) is 21.6 Å². The van der Waals surface area contributed by atoms with Crippen molar-refractivity contribution in [2.24, 2.45) is 0 Å². The van der Waals surface area contributed by atoms with E-state index in [1.54, 1.807) is 12.1 Å². The number of nitrogens with zero attached hydrogens (tertiary/aromatic N) is 2. The number of fused-ring (bicyclic) bond motifs is 3. The van der Waals surface area contributed by atoms with Crippen LogP contribution in [0.15, 0.2) is 42.5 Å². The summed E-state index contributed by atoms with van der Waals surface area (Å²) >= 11 is 6.17. The third kappa shape index (κ3) is 3.60. The highest BCUT2D eigenvalue weighted by atomic mass is 35.5. The van der Waals surface area contributed by atoms with E-state index in [2.05, 4.69) is 6.07 Å². The Labute approximate surface area is 177 Å². The molecule has 0 saturated heterocycles. The van der Waals surface area contributed by atoms with Gasteiger partial charge in [0.25, 0.3) is 5.91 Å². The van der Waals surface area contributed by atoms with Crippen molar-refractivity contribution < 1.29 is 9.53 Å². The van der Waals surface area contributed by atoms with Gasteiger partial charge < -0.3 is 9.64 Å². The van der Waals surface area contributed by atoms with Crippen LogP contribution in [-0.4, -0.2) is 29.0 Å². The molecule has 0 unspecified atom stereocenters. The summed E-state index contributed by atoms with van der Waals surface area (Å²) in [5, 5.41) is 9.47. The predicted octanol–water partition coefficient (Wildman–Crippen LogP) is 5.52. The van der Waals surface area contributed by atoms with Crippen molar-refractivity contribution in [2.45, 2.75) is 56.6 Å². The third-order valence-corrected chi connectivity index (χ3v) is 7.16. The van der Waals surface area contributed by atoms with Crippen molar-refractivity contribution in [3.05, 3.63) is 64.2 Å². The molecule has 0 spiro atoms. The van der Waals surface area contributed by atoms with Gasteiger partial charge in [-0.2, -0.15) is 5.26 Å². The van der Waals surface area contributed by atoms with Crippen molar-refractivity contribution >= 4 is 17.5 Å². The van der Waals surface area contributed by atoms with E-state index in [1.165, 1.54) is 0 Å². The molecule has 0 atom stereocenters. The van der Waals surface area contributed by atoms with Crippen molar-refractivity contribution in [1.82, 2.24) is 4.90 Å². The second-order valence-electron chi connectivity index (χ2n) is 8.49. The lowest BCUT2D eigenvalue weighted by Crippen LogP contribution is -2.60. The van der Waals surface area contributed by atoms with Crippen LogP contribution in [0.3, 0.4) is 0 Å². The topological polar surface area (TPSA) is 53.3 Å². The standard InChI is InChI=1S/C24H25ClN2O2/c1-17-3-5-18(6-4-17)22(28)27(2)23-9-12-24(13-10-23,14-11-23)29-20-8-7-19(16-26)21(25)15-20/h3-8,15H,9-14H2,1-2H3. The number of rotatable bonds is 4. The van der Waals surface area contributed by atoms with Crippen molar-refractivity contribution in [3.63, 3.8) is 0 Å². The summed E-state index contributed by atoms with van der Waals surface area (Å²) in [7, 11) is 1.95. The molecule has 0 aromatic heterocycles. The van der Waals surface area contributed by atoms with Crippen LogP contribution in [0.1, 0.15) is 60.0 Å². The molecule has 3 fully saturated rings. The summed E-state index contributed by atoms with van der Waals surface area (Å²) in [5.74, 6) is 0.812. The summed E-state index contributed by atoms with van der Waals surface area (Å²) in [6.07, 6.45) is 5.55. The Morgan fingerprint density at radius 3 is 2.24 bits per heavy atom. The zero-order valence-electron chi connectivity index (χ0n) is 16.9. The molecule has 1 amide bonds. The Morgan fingerprint density at radius 1 is 1.07 bits per heavy atom. The van der Waals surface area contributed by atoms with E-state index in [0.29, 0.717) is 16.3 Å². The first-order valence-corrected chi connectivity index (χ1v) is 10.5. The van der Waals surface area contributed by atoms with Gasteiger partial charge in [0.05, 0.1) is 10.6 Å². The fourth-order valence-electron chi connectivity index (χ4n) is 4.79. The van der Waals surface area contributed by atoms with E-state index in [0.717, 1.165) is 49.7 Å². The third-order valence-electron chi connectivity index (χ3n) is 6.85. The van der Waals surface area contributed by atoms with Crippen molar-refractivity contribution in [1.29, 1.82) is 5.26 Å². The van der Waals surface area contributed by atoms with Crippen LogP contribution in [0.5, 0.6) is 5.75 Å². The largest absolute Gasteiger partial charge is 0.487 e. The maximum atomic E-state index is 13.1. The number of carbonyl (C=O) groups is 1. The number of halogens is 1. The minimum atomic E-state index is -0.201. The number of amides is 1. The van der Waals surface area contributed by atoms with Gasteiger partial charge in [0.2, 0.25) is 0 Å². The molecule has 3 saturated carbocycles. The Kier molecular flexibility index (Phi) is 5.04. The average Bonchev–Trinajstić information content (AvgIpc) is 2.74. The molecule has 150 valence electrons. The van der Waals surface area contributed by atoms with Crippen LogP contribution in [0.4, 0.5) is 0 Å². The molecule has 3 aliphatic carbocycles. The van der Waals surface area contributed by atoms with Gasteiger partial charge in [0, 0.05) is 24.2 Å². The SMILES string of the molecule is Cc1ccc(C(=O)N(C)C23CCC(Oc4ccc(C#N)c(Cl)c4)(CC2)CC3)cc1. The maximum Gasteiger partial charge on any atom is 0.254 e. The van der Waals surface area contributed by atoms with Crippen LogP contribution >= 0.6 is 11.6 Å². The number of aryl methyl sites for hydroxylation is 1. The fraction of sp³-hybridized carbons (Fsp3) is 0.417. The number of ether oxygens (including phenoxy) is 1. The van der Waals surface area contributed by atoms with E-state index in [-0.39, 0.29) is 17.0 Å². The Bertz CT molecular complexity index is 953. The molecule has 2 bridgehead atoms. The minimum Gasteiger partial charge on any atom is -0.487 e. The zero-order chi connectivity index (χ0) is 20.6. The van der Waals surface area contributed by atoms with Gasteiger partial charge in [-0.3, -0.25) is 4.79 Å². The highest BCUT2D eigenvalue weighted by molar-refractivity contribution is 6.31. The molecule has 29 heavy (non-hydrogen) atoms. The average molecular weight is 409 g/mol. The molecule has 5 heteroatoms. The number of nitriles is 1. The fourth-order valence-corrected chi connectivity index (χ4v) is 5.01. The van der Waals surface area contributed by atoms with Crippen LogP contribution < -0.4 is 4.74 Å². The molecule has 4 nitrogen and oxygen atoms in total. The van der Waals surface area contributed by atoms with Gasteiger partial charge in [-0.15, -0.1) is 0 Å². The quantitative estimate of drug-likeness (QED) is 0.669. The Balaban J connectivity index is 1.46. The Hall–Kier alpha value is -2.51. The van der Waals surface area contributed by atoms with Crippen molar-refractivity contribution in [2.75, 3.05) is 7.05 Å². The van der Waals surface area contributed by atoms with Crippen LogP contribution in [0, 0.1) is 18.3 Å². The Morgan fingerprint density at radius 2 is 1.69 bits per heavy atom. The van der Waals surface area contributed by atoms with Crippen molar-refractivity contribution in [3.8, 4) is 11.8 Å². The predicted molar refractivity (Wildman–Crippen MR) is 113 cm³/mol. The summed E-state index contributed by atoms with van der Waals surface area (Å²) in [4.78, 5) is 15.0. The molecule has 2 aromatic rings. The minimum absolute atomic E-state index is 0.0879. The lowest BCUT2D eigenvalue weighted by atomic mass is 9.62. The molecule has 0 radical (unpaired) electrons. The summed E-state index contributed by atoms with van der Waals surface area (Å²) < 4.78 is 6.40. The van der Waals surface area contributed by atoms with Gasteiger partial charge in [-0.1, -0.05) is 29.3 Å². The smallest absolute Gasteiger partial charge is 0.254 e. The summed E-state index contributed by atoms with van der Waals surface area (Å²) in [5.41, 5.74) is 2.07. The van der Waals surface area contributed by atoms with Gasteiger partial charge in [-0.25, -0.2) is 0 Å². The molecular weight excluding hydrogens is 384 g/mol. The van der Waals surface area contributed by atoms with Gasteiger partial charge >= 0.3 is 0 Å². The van der Waals surface area contributed by atoms with E-state index < -0.39 is 0 Å². The van der Waals surface area contributed by atoms with E-state index >= 15 is 0 Å². The zero-order valence-corrected chi connectivity index (χ0v) is 17.6. The monoisotopic (exact) mass is 408 g/mol. The highest BCUT2D eigenvalue weighted by Crippen LogP contribution is 2.51. The number of carbonyl (C=O) groups excluding carboxylic acids is 1. The molecule has 0 aliphatic heterocycles. The second kappa shape index (κ2) is 7.39. The van der Waals surface area contributed by atoms with E-state index in [1.807, 2.05) is 49.2 Å². The van der Waals surface area contributed by atoms with Gasteiger partial charge in [0.15, 0.2) is 0 Å². The lowest BCUT2D eigenvalue weighted by molar-refractivity contribution is -0.0812. The van der Waals surface area contributed by atoms with Crippen LogP contribution in [0.25, 0.3) is 0 Å².